The van der Waals surface area contributed by atoms with Crippen LogP contribution in [0.4, 0.5) is 21.7 Å². The number of hydrogen-bond donors (Lipinski definition) is 2. The van der Waals surface area contributed by atoms with Crippen molar-refractivity contribution in [3.05, 3.63) is 77.1 Å². The van der Waals surface area contributed by atoms with Gasteiger partial charge in [-0.05, 0) is 35.9 Å². The average molecular weight is 357 g/mol. The van der Waals surface area contributed by atoms with Crippen LogP contribution in [0.15, 0.2) is 60.7 Å². The first-order valence-electron chi connectivity index (χ1n) is 7.50. The Hall–Kier alpha value is -2.99. The molecule has 5 nitrogen and oxygen atoms in total. The molecule has 0 fully saturated rings. The fourth-order valence-corrected chi connectivity index (χ4v) is 2.35. The van der Waals surface area contributed by atoms with Crippen molar-refractivity contribution in [1.82, 2.24) is 10.2 Å². The molecule has 0 atom stereocenters. The molecule has 0 saturated heterocycles. The van der Waals surface area contributed by atoms with Crippen LogP contribution in [-0.2, 0) is 11.2 Å². The zero-order chi connectivity index (χ0) is 17.6. The van der Waals surface area contributed by atoms with E-state index >= 15 is 0 Å². The number of hydrogen-bond acceptors (Lipinski definition) is 4. The predicted molar refractivity (Wildman–Crippen MR) is 95.5 cm³/mol. The molecule has 1 amide bonds. The molecule has 0 spiro atoms. The lowest BCUT2D eigenvalue weighted by Crippen LogP contribution is -2.16. The topological polar surface area (TPSA) is 66.9 Å². The van der Waals surface area contributed by atoms with Crippen molar-refractivity contribution in [2.24, 2.45) is 0 Å². The third-order valence-corrected chi connectivity index (χ3v) is 3.71. The number of nitrogens with one attached hydrogen (secondary N) is 2. The number of aromatic nitrogens is 2. The van der Waals surface area contributed by atoms with E-state index in [0.29, 0.717) is 22.1 Å². The number of halogens is 2. The van der Waals surface area contributed by atoms with Gasteiger partial charge in [-0.1, -0.05) is 41.9 Å². The maximum absolute atomic E-state index is 13.6. The maximum Gasteiger partial charge on any atom is 0.230 e. The third kappa shape index (κ3) is 4.51. The van der Waals surface area contributed by atoms with Crippen LogP contribution in [0.25, 0.3) is 0 Å². The highest BCUT2D eigenvalue weighted by Crippen LogP contribution is 2.23. The van der Waals surface area contributed by atoms with Crippen molar-refractivity contribution in [2.75, 3.05) is 10.6 Å². The van der Waals surface area contributed by atoms with Gasteiger partial charge in [0.25, 0.3) is 0 Å². The van der Waals surface area contributed by atoms with E-state index in [0.717, 1.165) is 0 Å². The van der Waals surface area contributed by atoms with Gasteiger partial charge in [0.1, 0.15) is 5.82 Å². The SMILES string of the molecule is O=C(Cc1ccccc1F)Nc1ccc(Nc2ccccc2Cl)nn1. The summed E-state index contributed by atoms with van der Waals surface area (Å²) in [5, 5.41) is 14.1. The molecule has 0 radical (unpaired) electrons. The Morgan fingerprint density at radius 3 is 2.36 bits per heavy atom. The lowest BCUT2D eigenvalue weighted by molar-refractivity contribution is -0.115. The molecule has 3 rings (SSSR count). The Labute approximate surface area is 148 Å². The van der Waals surface area contributed by atoms with Crippen molar-refractivity contribution in [1.29, 1.82) is 0 Å². The van der Waals surface area contributed by atoms with Gasteiger partial charge in [-0.3, -0.25) is 4.79 Å². The van der Waals surface area contributed by atoms with Gasteiger partial charge in [0.2, 0.25) is 5.91 Å². The molecule has 1 heterocycles. The lowest BCUT2D eigenvalue weighted by Gasteiger charge is -2.08. The molecular formula is C18H14ClFN4O. The number of rotatable bonds is 5. The summed E-state index contributed by atoms with van der Waals surface area (Å²) in [5.41, 5.74) is 1.03. The quantitative estimate of drug-likeness (QED) is 0.719. The second-order valence-electron chi connectivity index (χ2n) is 5.23. The van der Waals surface area contributed by atoms with Gasteiger partial charge >= 0.3 is 0 Å². The molecular weight excluding hydrogens is 343 g/mol. The zero-order valence-corrected chi connectivity index (χ0v) is 13.8. The molecule has 0 aliphatic carbocycles. The van der Waals surface area contributed by atoms with E-state index in [-0.39, 0.29) is 18.1 Å². The number of benzene rings is 2. The molecule has 0 saturated carbocycles. The number of para-hydroxylation sites is 1. The van der Waals surface area contributed by atoms with Crippen LogP contribution in [0.1, 0.15) is 5.56 Å². The highest BCUT2D eigenvalue weighted by atomic mass is 35.5. The minimum atomic E-state index is -0.414. The van der Waals surface area contributed by atoms with E-state index in [1.54, 1.807) is 36.4 Å². The first kappa shape index (κ1) is 16.9. The molecule has 3 aromatic rings. The van der Waals surface area contributed by atoms with Crippen LogP contribution < -0.4 is 10.6 Å². The summed E-state index contributed by atoms with van der Waals surface area (Å²) in [6, 6.07) is 16.7. The van der Waals surface area contributed by atoms with Gasteiger partial charge in [0, 0.05) is 0 Å². The monoisotopic (exact) mass is 356 g/mol. The number of carbonyl (C=O) groups excluding carboxylic acids is 1. The highest BCUT2D eigenvalue weighted by molar-refractivity contribution is 6.33. The summed E-state index contributed by atoms with van der Waals surface area (Å²) in [6.45, 7) is 0. The third-order valence-electron chi connectivity index (χ3n) is 3.38. The van der Waals surface area contributed by atoms with Gasteiger partial charge in [-0.2, -0.15) is 0 Å². The maximum atomic E-state index is 13.6. The smallest absolute Gasteiger partial charge is 0.230 e. The molecule has 0 aliphatic rings. The van der Waals surface area contributed by atoms with Crippen molar-refractivity contribution in [2.45, 2.75) is 6.42 Å². The van der Waals surface area contributed by atoms with Crippen LogP contribution >= 0.6 is 11.6 Å². The lowest BCUT2D eigenvalue weighted by atomic mass is 10.1. The standard InChI is InChI=1S/C18H14ClFN4O/c19-13-6-2-4-8-15(13)21-16-9-10-17(24-23-16)22-18(25)11-12-5-1-3-7-14(12)20/h1-10H,11H2,(H,21,23)(H,22,24,25). The minimum absolute atomic E-state index is 0.0754. The molecule has 0 aliphatic heterocycles. The Bertz CT molecular complexity index is 886. The summed E-state index contributed by atoms with van der Waals surface area (Å²) in [6.07, 6.45) is -0.0754. The van der Waals surface area contributed by atoms with Gasteiger partial charge in [0.05, 0.1) is 17.1 Å². The van der Waals surface area contributed by atoms with Crippen LogP contribution in [0.3, 0.4) is 0 Å². The summed E-state index contributed by atoms with van der Waals surface area (Å²) < 4.78 is 13.6. The largest absolute Gasteiger partial charge is 0.338 e. The summed E-state index contributed by atoms with van der Waals surface area (Å²) in [5.74, 6) is -0.0134. The first-order chi connectivity index (χ1) is 12.1. The van der Waals surface area contributed by atoms with E-state index in [1.165, 1.54) is 6.07 Å². The molecule has 0 bridgehead atoms. The van der Waals surface area contributed by atoms with Gasteiger partial charge < -0.3 is 10.6 Å². The second kappa shape index (κ2) is 7.72. The average Bonchev–Trinajstić information content (AvgIpc) is 2.61. The van der Waals surface area contributed by atoms with Gasteiger partial charge in [-0.25, -0.2) is 4.39 Å². The fourth-order valence-electron chi connectivity index (χ4n) is 2.17. The van der Waals surface area contributed by atoms with Gasteiger partial charge in [0.15, 0.2) is 11.6 Å². The molecule has 126 valence electrons. The van der Waals surface area contributed by atoms with E-state index in [4.69, 9.17) is 11.6 Å². The zero-order valence-electron chi connectivity index (χ0n) is 13.0. The van der Waals surface area contributed by atoms with Crippen molar-refractivity contribution < 1.29 is 9.18 Å². The highest BCUT2D eigenvalue weighted by Gasteiger charge is 2.09. The fraction of sp³-hybridized carbons (Fsp3) is 0.0556. The Morgan fingerprint density at radius 1 is 0.960 bits per heavy atom. The van der Waals surface area contributed by atoms with E-state index in [2.05, 4.69) is 20.8 Å². The molecule has 1 aromatic heterocycles. The number of amides is 1. The Morgan fingerprint density at radius 2 is 1.64 bits per heavy atom. The summed E-state index contributed by atoms with van der Waals surface area (Å²) in [4.78, 5) is 12.0. The van der Waals surface area contributed by atoms with Crippen molar-refractivity contribution in [3.8, 4) is 0 Å². The van der Waals surface area contributed by atoms with Crippen molar-refractivity contribution in [3.63, 3.8) is 0 Å². The Balaban J connectivity index is 1.62. The van der Waals surface area contributed by atoms with Crippen LogP contribution in [0, 0.1) is 5.82 Å². The molecule has 2 aromatic carbocycles. The minimum Gasteiger partial charge on any atom is -0.338 e. The molecule has 25 heavy (non-hydrogen) atoms. The normalized spacial score (nSPS) is 10.3. The molecule has 2 N–H and O–H groups in total. The van der Waals surface area contributed by atoms with E-state index in [9.17, 15) is 9.18 Å². The number of nitrogens with zero attached hydrogens (tertiary/aromatic N) is 2. The van der Waals surface area contributed by atoms with E-state index < -0.39 is 5.82 Å². The predicted octanol–water partition coefficient (Wildman–Crippen LogP) is 4.19. The number of carbonyl (C=O) groups is 1. The second-order valence-corrected chi connectivity index (χ2v) is 5.63. The summed E-state index contributed by atoms with van der Waals surface area (Å²) in [7, 11) is 0. The molecule has 0 unspecified atom stereocenters. The van der Waals surface area contributed by atoms with E-state index in [1.807, 2.05) is 18.2 Å². The molecule has 7 heteroatoms. The summed E-state index contributed by atoms with van der Waals surface area (Å²) >= 11 is 6.07. The Kier molecular flexibility index (Phi) is 5.20. The van der Waals surface area contributed by atoms with Crippen LogP contribution in [-0.4, -0.2) is 16.1 Å². The van der Waals surface area contributed by atoms with Crippen LogP contribution in [0.2, 0.25) is 5.02 Å². The first-order valence-corrected chi connectivity index (χ1v) is 7.88. The van der Waals surface area contributed by atoms with Gasteiger partial charge in [-0.15, -0.1) is 10.2 Å². The van der Waals surface area contributed by atoms with Crippen LogP contribution in [0.5, 0.6) is 0 Å². The van der Waals surface area contributed by atoms with Crippen molar-refractivity contribution >= 4 is 34.8 Å². The number of anilines is 3.